The predicted molar refractivity (Wildman–Crippen MR) is 57.2 cm³/mol. The van der Waals surface area contributed by atoms with E-state index >= 15 is 0 Å². The van der Waals surface area contributed by atoms with Crippen LogP contribution in [0.1, 0.15) is 25.7 Å². The standard InChI is InChI=1S/C11H22N2O/c12-9-10-1-5-13(6-2-10)11-3-7-14-8-4-11/h10-11H,1-9,12H2. The minimum atomic E-state index is 0.783. The van der Waals surface area contributed by atoms with Crippen LogP contribution in [0.25, 0.3) is 0 Å². The number of nitrogens with two attached hydrogens (primary N) is 1. The molecule has 0 atom stereocenters. The lowest BCUT2D eigenvalue weighted by atomic mass is 9.94. The van der Waals surface area contributed by atoms with Crippen molar-refractivity contribution in [1.29, 1.82) is 0 Å². The fraction of sp³-hybridized carbons (Fsp3) is 1.00. The first-order chi connectivity index (χ1) is 6.90. The lowest BCUT2D eigenvalue weighted by molar-refractivity contribution is 0.0216. The highest BCUT2D eigenvalue weighted by molar-refractivity contribution is 4.80. The second kappa shape index (κ2) is 5.10. The molecule has 0 aromatic carbocycles. The van der Waals surface area contributed by atoms with E-state index in [1.54, 1.807) is 0 Å². The van der Waals surface area contributed by atoms with E-state index in [0.717, 1.165) is 31.7 Å². The molecule has 2 aliphatic heterocycles. The molecule has 0 amide bonds. The molecule has 0 radical (unpaired) electrons. The van der Waals surface area contributed by atoms with Gasteiger partial charge in [0.25, 0.3) is 0 Å². The fourth-order valence-electron chi connectivity index (χ4n) is 2.60. The second-order valence-corrected chi connectivity index (χ2v) is 4.56. The van der Waals surface area contributed by atoms with Gasteiger partial charge in [-0.25, -0.2) is 0 Å². The number of nitrogens with zero attached hydrogens (tertiary/aromatic N) is 1. The van der Waals surface area contributed by atoms with Crippen molar-refractivity contribution in [2.75, 3.05) is 32.8 Å². The van der Waals surface area contributed by atoms with Crippen LogP contribution >= 0.6 is 0 Å². The summed E-state index contributed by atoms with van der Waals surface area (Å²) >= 11 is 0. The quantitative estimate of drug-likeness (QED) is 0.714. The molecule has 3 nitrogen and oxygen atoms in total. The molecule has 2 rings (SSSR count). The van der Waals surface area contributed by atoms with Crippen molar-refractivity contribution >= 4 is 0 Å². The van der Waals surface area contributed by atoms with Crippen LogP contribution in [0.3, 0.4) is 0 Å². The van der Waals surface area contributed by atoms with Gasteiger partial charge in [-0.3, -0.25) is 0 Å². The number of ether oxygens (including phenoxy) is 1. The molecule has 2 saturated heterocycles. The number of piperidine rings is 1. The highest BCUT2D eigenvalue weighted by Gasteiger charge is 2.25. The van der Waals surface area contributed by atoms with Gasteiger partial charge in [-0.15, -0.1) is 0 Å². The summed E-state index contributed by atoms with van der Waals surface area (Å²) in [7, 11) is 0. The topological polar surface area (TPSA) is 38.5 Å². The molecule has 3 heteroatoms. The molecule has 2 aliphatic rings. The summed E-state index contributed by atoms with van der Waals surface area (Å²) in [5.41, 5.74) is 5.69. The minimum Gasteiger partial charge on any atom is -0.381 e. The Bertz CT molecular complexity index is 161. The van der Waals surface area contributed by atoms with Crippen LogP contribution in [0.5, 0.6) is 0 Å². The van der Waals surface area contributed by atoms with E-state index in [0.29, 0.717) is 0 Å². The predicted octanol–water partition coefficient (Wildman–Crippen LogP) is 0.836. The molecule has 0 unspecified atom stereocenters. The van der Waals surface area contributed by atoms with Gasteiger partial charge < -0.3 is 15.4 Å². The first-order valence-corrected chi connectivity index (χ1v) is 5.92. The van der Waals surface area contributed by atoms with Crippen molar-refractivity contribution in [3.05, 3.63) is 0 Å². The fourth-order valence-corrected chi connectivity index (χ4v) is 2.60. The maximum atomic E-state index is 5.69. The van der Waals surface area contributed by atoms with Crippen molar-refractivity contribution < 1.29 is 4.74 Å². The highest BCUT2D eigenvalue weighted by atomic mass is 16.5. The maximum Gasteiger partial charge on any atom is 0.0480 e. The van der Waals surface area contributed by atoms with E-state index in [1.165, 1.54) is 38.8 Å². The van der Waals surface area contributed by atoms with Gasteiger partial charge in [0.15, 0.2) is 0 Å². The van der Waals surface area contributed by atoms with E-state index in [4.69, 9.17) is 10.5 Å². The Hall–Kier alpha value is -0.120. The molecule has 2 fully saturated rings. The zero-order chi connectivity index (χ0) is 9.80. The van der Waals surface area contributed by atoms with Crippen LogP contribution in [-0.4, -0.2) is 43.8 Å². The van der Waals surface area contributed by atoms with Gasteiger partial charge in [0, 0.05) is 19.3 Å². The largest absolute Gasteiger partial charge is 0.381 e. The Morgan fingerprint density at radius 1 is 1.07 bits per heavy atom. The number of hydrogen-bond acceptors (Lipinski definition) is 3. The van der Waals surface area contributed by atoms with Gasteiger partial charge in [-0.1, -0.05) is 0 Å². The maximum absolute atomic E-state index is 5.69. The lowest BCUT2D eigenvalue weighted by Gasteiger charge is -2.38. The van der Waals surface area contributed by atoms with Crippen molar-refractivity contribution in [2.24, 2.45) is 11.7 Å². The molecule has 0 saturated carbocycles. The summed E-state index contributed by atoms with van der Waals surface area (Å²) in [6.45, 7) is 5.31. The van der Waals surface area contributed by atoms with E-state index in [2.05, 4.69) is 4.90 Å². The normalized spacial score (nSPS) is 28.1. The Labute approximate surface area is 86.6 Å². The molecule has 0 aromatic rings. The number of likely N-dealkylation sites (tertiary alicyclic amines) is 1. The molecule has 14 heavy (non-hydrogen) atoms. The smallest absolute Gasteiger partial charge is 0.0480 e. The first kappa shape index (κ1) is 10.4. The summed E-state index contributed by atoms with van der Waals surface area (Å²) in [5, 5.41) is 0. The van der Waals surface area contributed by atoms with Crippen LogP contribution in [0.2, 0.25) is 0 Å². The monoisotopic (exact) mass is 198 g/mol. The van der Waals surface area contributed by atoms with Crippen LogP contribution in [0.15, 0.2) is 0 Å². The zero-order valence-corrected chi connectivity index (χ0v) is 8.95. The average molecular weight is 198 g/mol. The SMILES string of the molecule is NCC1CCN(C2CCOCC2)CC1. The molecule has 0 spiro atoms. The van der Waals surface area contributed by atoms with E-state index in [1.807, 2.05) is 0 Å². The summed E-state index contributed by atoms with van der Waals surface area (Å²) in [6, 6.07) is 0.794. The number of rotatable bonds is 2. The Morgan fingerprint density at radius 3 is 2.29 bits per heavy atom. The van der Waals surface area contributed by atoms with Gasteiger partial charge in [0.05, 0.1) is 0 Å². The third kappa shape index (κ3) is 2.47. The van der Waals surface area contributed by atoms with Crippen molar-refractivity contribution in [1.82, 2.24) is 4.90 Å². The van der Waals surface area contributed by atoms with E-state index in [9.17, 15) is 0 Å². The summed E-state index contributed by atoms with van der Waals surface area (Å²) in [4.78, 5) is 2.65. The summed E-state index contributed by atoms with van der Waals surface area (Å²) in [6.07, 6.45) is 5.06. The molecule has 2 heterocycles. The van der Waals surface area contributed by atoms with Crippen molar-refractivity contribution in [3.8, 4) is 0 Å². The summed E-state index contributed by atoms with van der Waals surface area (Å²) in [5.74, 6) is 0.783. The van der Waals surface area contributed by atoms with Crippen molar-refractivity contribution in [3.63, 3.8) is 0 Å². The van der Waals surface area contributed by atoms with Gasteiger partial charge in [0.1, 0.15) is 0 Å². The van der Waals surface area contributed by atoms with Crippen LogP contribution in [0.4, 0.5) is 0 Å². The van der Waals surface area contributed by atoms with Gasteiger partial charge in [-0.2, -0.15) is 0 Å². The molecular formula is C11H22N2O. The van der Waals surface area contributed by atoms with E-state index in [-0.39, 0.29) is 0 Å². The third-order valence-corrected chi connectivity index (χ3v) is 3.69. The molecule has 0 aromatic heterocycles. The summed E-state index contributed by atoms with van der Waals surface area (Å²) < 4.78 is 5.39. The molecule has 82 valence electrons. The van der Waals surface area contributed by atoms with E-state index < -0.39 is 0 Å². The van der Waals surface area contributed by atoms with Gasteiger partial charge in [0.2, 0.25) is 0 Å². The van der Waals surface area contributed by atoms with Crippen LogP contribution in [-0.2, 0) is 4.74 Å². The van der Waals surface area contributed by atoms with Gasteiger partial charge in [-0.05, 0) is 51.2 Å². The number of hydrogen-bond donors (Lipinski definition) is 1. The molecule has 0 aliphatic carbocycles. The lowest BCUT2D eigenvalue weighted by Crippen LogP contribution is -2.45. The Balaban J connectivity index is 1.76. The highest BCUT2D eigenvalue weighted by Crippen LogP contribution is 2.22. The second-order valence-electron chi connectivity index (χ2n) is 4.56. The Morgan fingerprint density at radius 2 is 1.71 bits per heavy atom. The molecule has 0 bridgehead atoms. The first-order valence-electron chi connectivity index (χ1n) is 5.92. The van der Waals surface area contributed by atoms with Crippen LogP contribution < -0.4 is 5.73 Å². The van der Waals surface area contributed by atoms with Crippen molar-refractivity contribution in [2.45, 2.75) is 31.7 Å². The molecular weight excluding hydrogens is 176 g/mol. The van der Waals surface area contributed by atoms with Crippen LogP contribution in [0, 0.1) is 5.92 Å². The average Bonchev–Trinajstić information content (AvgIpc) is 2.30. The van der Waals surface area contributed by atoms with Gasteiger partial charge >= 0.3 is 0 Å². The molecule has 2 N–H and O–H groups in total. The third-order valence-electron chi connectivity index (χ3n) is 3.69. The zero-order valence-electron chi connectivity index (χ0n) is 8.95. The minimum absolute atomic E-state index is 0.783. The Kier molecular flexibility index (Phi) is 3.79.